The van der Waals surface area contributed by atoms with E-state index in [0.717, 1.165) is 61.6 Å². The van der Waals surface area contributed by atoms with Crippen LogP contribution in [0.15, 0.2) is 39.8 Å². The van der Waals surface area contributed by atoms with Gasteiger partial charge in [0, 0.05) is 45.8 Å². The summed E-state index contributed by atoms with van der Waals surface area (Å²) >= 11 is 0. The highest BCUT2D eigenvalue weighted by atomic mass is 16.5. The Morgan fingerprint density at radius 2 is 1.90 bits per heavy atom. The lowest BCUT2D eigenvalue weighted by Gasteiger charge is -2.36. The van der Waals surface area contributed by atoms with Gasteiger partial charge in [0.15, 0.2) is 5.96 Å². The molecule has 29 heavy (non-hydrogen) atoms. The van der Waals surface area contributed by atoms with Crippen LogP contribution >= 0.6 is 0 Å². The lowest BCUT2D eigenvalue weighted by atomic mass is 10.3. The number of aliphatic imine (C=N–C) groups is 1. The second-order valence-corrected chi connectivity index (χ2v) is 7.22. The largest absolute Gasteiger partial charge is 0.497 e. The Bertz CT molecular complexity index is 782. The Morgan fingerprint density at radius 3 is 2.48 bits per heavy atom. The molecule has 1 atom stereocenters. The number of aromatic nitrogens is 1. The van der Waals surface area contributed by atoms with E-state index in [1.54, 1.807) is 7.11 Å². The first-order valence-corrected chi connectivity index (χ1v) is 9.98. The van der Waals surface area contributed by atoms with Crippen molar-refractivity contribution in [1.29, 1.82) is 0 Å². The summed E-state index contributed by atoms with van der Waals surface area (Å²) in [5.74, 6) is 3.41. The van der Waals surface area contributed by atoms with E-state index in [1.807, 2.05) is 51.2 Å². The quantitative estimate of drug-likeness (QED) is 0.563. The summed E-state index contributed by atoms with van der Waals surface area (Å²) in [6.07, 6.45) is 0.0110. The predicted molar refractivity (Wildman–Crippen MR) is 113 cm³/mol. The summed E-state index contributed by atoms with van der Waals surface area (Å²) in [5.41, 5.74) is 0.989. The van der Waals surface area contributed by atoms with Crippen molar-refractivity contribution in [2.45, 2.75) is 26.5 Å². The summed E-state index contributed by atoms with van der Waals surface area (Å²) in [6, 6.07) is 9.62. The van der Waals surface area contributed by atoms with E-state index in [0.29, 0.717) is 6.54 Å². The molecular formula is C21H31N5O3. The van der Waals surface area contributed by atoms with Crippen molar-refractivity contribution in [2.75, 3.05) is 46.9 Å². The molecule has 1 saturated heterocycles. The maximum absolute atomic E-state index is 5.97. The van der Waals surface area contributed by atoms with Crippen LogP contribution in [0.5, 0.6) is 11.5 Å². The summed E-state index contributed by atoms with van der Waals surface area (Å²) < 4.78 is 16.3. The topological polar surface area (TPSA) is 75.4 Å². The third kappa shape index (κ3) is 6.12. The Kier molecular flexibility index (Phi) is 7.35. The second-order valence-electron chi connectivity index (χ2n) is 7.22. The zero-order valence-corrected chi connectivity index (χ0v) is 17.7. The van der Waals surface area contributed by atoms with Crippen LogP contribution in [0.2, 0.25) is 0 Å². The number of nitrogens with zero attached hydrogens (tertiary/aromatic N) is 4. The van der Waals surface area contributed by atoms with Gasteiger partial charge in [0.05, 0.1) is 19.3 Å². The molecule has 0 saturated carbocycles. The van der Waals surface area contributed by atoms with Crippen molar-refractivity contribution >= 4 is 5.96 Å². The number of rotatable bonds is 7. The van der Waals surface area contributed by atoms with Crippen molar-refractivity contribution < 1.29 is 14.0 Å². The highest BCUT2D eigenvalue weighted by molar-refractivity contribution is 5.80. The number of methoxy groups -OCH3 is 1. The van der Waals surface area contributed by atoms with E-state index in [1.165, 1.54) is 0 Å². The molecule has 0 spiro atoms. The van der Waals surface area contributed by atoms with Crippen molar-refractivity contribution in [3.05, 3.63) is 41.8 Å². The molecule has 1 aromatic carbocycles. The molecule has 158 valence electrons. The van der Waals surface area contributed by atoms with Gasteiger partial charge in [-0.05, 0) is 38.1 Å². The normalized spacial score (nSPS) is 16.6. The SMILES string of the molecule is CN=C(NCC(C)Oc1ccc(OC)cc1)N1CCN(Cc2cc(C)on2)CC1. The van der Waals surface area contributed by atoms with Gasteiger partial charge in [-0.3, -0.25) is 9.89 Å². The monoisotopic (exact) mass is 401 g/mol. The van der Waals surface area contributed by atoms with Gasteiger partial charge in [0.1, 0.15) is 23.4 Å². The Hall–Kier alpha value is -2.74. The molecule has 1 aliphatic rings. The van der Waals surface area contributed by atoms with Crippen molar-refractivity contribution in [2.24, 2.45) is 4.99 Å². The average Bonchev–Trinajstić information content (AvgIpc) is 3.14. The van der Waals surface area contributed by atoms with Gasteiger partial charge in [0.2, 0.25) is 0 Å². The van der Waals surface area contributed by atoms with Crippen LogP contribution in [0.4, 0.5) is 0 Å². The molecule has 8 heteroatoms. The molecule has 0 radical (unpaired) electrons. The second kappa shape index (κ2) is 10.2. The number of hydrogen-bond acceptors (Lipinski definition) is 6. The van der Waals surface area contributed by atoms with Crippen LogP contribution < -0.4 is 14.8 Å². The van der Waals surface area contributed by atoms with Gasteiger partial charge in [-0.25, -0.2) is 0 Å². The smallest absolute Gasteiger partial charge is 0.193 e. The highest BCUT2D eigenvalue weighted by Crippen LogP contribution is 2.18. The minimum Gasteiger partial charge on any atom is -0.497 e. The molecule has 2 aromatic rings. The number of hydrogen-bond donors (Lipinski definition) is 1. The molecular weight excluding hydrogens is 370 g/mol. The zero-order valence-electron chi connectivity index (χ0n) is 17.7. The average molecular weight is 402 g/mol. The number of ether oxygens (including phenoxy) is 2. The van der Waals surface area contributed by atoms with Crippen LogP contribution in [-0.4, -0.2) is 73.9 Å². The van der Waals surface area contributed by atoms with Crippen LogP contribution in [0.25, 0.3) is 0 Å². The molecule has 1 aliphatic heterocycles. The molecule has 0 aliphatic carbocycles. The first-order valence-electron chi connectivity index (χ1n) is 9.98. The minimum atomic E-state index is 0.0110. The van der Waals surface area contributed by atoms with E-state index < -0.39 is 0 Å². The van der Waals surface area contributed by atoms with Crippen LogP contribution in [-0.2, 0) is 6.54 Å². The fraction of sp³-hybridized carbons (Fsp3) is 0.524. The molecule has 1 fully saturated rings. The van der Waals surface area contributed by atoms with Gasteiger partial charge in [-0.15, -0.1) is 0 Å². The predicted octanol–water partition coefficient (Wildman–Crippen LogP) is 2.15. The molecule has 8 nitrogen and oxygen atoms in total. The summed E-state index contributed by atoms with van der Waals surface area (Å²) in [6.45, 7) is 9.23. The zero-order chi connectivity index (χ0) is 20.6. The number of nitrogens with one attached hydrogen (secondary N) is 1. The third-order valence-electron chi connectivity index (χ3n) is 4.89. The molecule has 3 rings (SSSR count). The number of benzene rings is 1. The van der Waals surface area contributed by atoms with Crippen LogP contribution in [0.1, 0.15) is 18.4 Å². The van der Waals surface area contributed by atoms with Crippen molar-refractivity contribution in [3.63, 3.8) is 0 Å². The Balaban J connectivity index is 1.41. The lowest BCUT2D eigenvalue weighted by Crippen LogP contribution is -2.53. The number of guanidine groups is 1. The van der Waals surface area contributed by atoms with Gasteiger partial charge >= 0.3 is 0 Å². The Morgan fingerprint density at radius 1 is 1.21 bits per heavy atom. The molecule has 0 amide bonds. The van der Waals surface area contributed by atoms with E-state index in [-0.39, 0.29) is 6.10 Å². The van der Waals surface area contributed by atoms with Crippen LogP contribution in [0.3, 0.4) is 0 Å². The summed E-state index contributed by atoms with van der Waals surface area (Å²) in [5, 5.41) is 7.52. The fourth-order valence-corrected chi connectivity index (χ4v) is 3.33. The van der Waals surface area contributed by atoms with E-state index >= 15 is 0 Å². The van der Waals surface area contributed by atoms with Crippen molar-refractivity contribution in [1.82, 2.24) is 20.3 Å². The van der Waals surface area contributed by atoms with E-state index in [2.05, 4.69) is 25.3 Å². The maximum atomic E-state index is 5.97. The fourth-order valence-electron chi connectivity index (χ4n) is 3.33. The van der Waals surface area contributed by atoms with E-state index in [9.17, 15) is 0 Å². The van der Waals surface area contributed by atoms with E-state index in [4.69, 9.17) is 14.0 Å². The standard InChI is InChI=1S/C21H31N5O3/c1-16-13-18(24-29-16)15-25-9-11-26(12-10-25)21(22-3)23-14-17(2)28-20-7-5-19(27-4)6-8-20/h5-8,13,17H,9-12,14-15H2,1-4H3,(H,22,23). The number of piperazine rings is 1. The lowest BCUT2D eigenvalue weighted by molar-refractivity contribution is 0.167. The van der Waals surface area contributed by atoms with Gasteiger partial charge in [-0.1, -0.05) is 5.16 Å². The third-order valence-corrected chi connectivity index (χ3v) is 4.89. The summed E-state index contributed by atoms with van der Waals surface area (Å²) in [4.78, 5) is 9.11. The van der Waals surface area contributed by atoms with Crippen molar-refractivity contribution in [3.8, 4) is 11.5 Å². The number of aryl methyl sites for hydroxylation is 1. The van der Waals surface area contributed by atoms with Gasteiger partial charge in [-0.2, -0.15) is 0 Å². The van der Waals surface area contributed by atoms with Gasteiger partial charge < -0.3 is 24.2 Å². The minimum absolute atomic E-state index is 0.0110. The molecule has 1 unspecified atom stereocenters. The highest BCUT2D eigenvalue weighted by Gasteiger charge is 2.21. The Labute approximate surface area is 172 Å². The molecule has 1 N–H and O–H groups in total. The first kappa shape index (κ1) is 21.0. The molecule has 0 bridgehead atoms. The van der Waals surface area contributed by atoms with Gasteiger partial charge in [0.25, 0.3) is 0 Å². The van der Waals surface area contributed by atoms with Crippen LogP contribution in [0, 0.1) is 6.92 Å². The maximum Gasteiger partial charge on any atom is 0.193 e. The summed E-state index contributed by atoms with van der Waals surface area (Å²) in [7, 11) is 3.48. The first-order chi connectivity index (χ1) is 14.1. The molecule has 1 aromatic heterocycles. The molecule has 2 heterocycles.